The number of hydrogen-bond acceptors (Lipinski definition) is 0. The zero-order valence-corrected chi connectivity index (χ0v) is 8.48. The highest BCUT2D eigenvalue weighted by molar-refractivity contribution is 5.65. The van der Waals surface area contributed by atoms with E-state index in [1.54, 1.807) is 6.07 Å². The molecule has 14 heavy (non-hydrogen) atoms. The molecule has 2 heteroatoms. The van der Waals surface area contributed by atoms with Crippen LogP contribution in [0.5, 0.6) is 0 Å². The first-order chi connectivity index (χ1) is 6.69. The van der Waals surface area contributed by atoms with Gasteiger partial charge in [0.25, 0.3) is 0 Å². The van der Waals surface area contributed by atoms with Crippen molar-refractivity contribution in [3.8, 4) is 0 Å². The van der Waals surface area contributed by atoms with Gasteiger partial charge >= 0.3 is 0 Å². The minimum Gasteiger partial charge on any atom is -0.204 e. The van der Waals surface area contributed by atoms with Gasteiger partial charge in [0.1, 0.15) is 0 Å². The summed E-state index contributed by atoms with van der Waals surface area (Å²) in [4.78, 5) is 0. The second kappa shape index (κ2) is 4.89. The smallest absolute Gasteiger partial charge is 0.159 e. The van der Waals surface area contributed by atoms with Gasteiger partial charge in [-0.2, -0.15) is 0 Å². The molecule has 0 spiro atoms. The zero-order valence-electron chi connectivity index (χ0n) is 8.48. The molecule has 76 valence electrons. The van der Waals surface area contributed by atoms with Gasteiger partial charge in [-0.05, 0) is 36.6 Å². The van der Waals surface area contributed by atoms with Gasteiger partial charge in [-0.1, -0.05) is 25.5 Å². The van der Waals surface area contributed by atoms with Crippen molar-refractivity contribution < 1.29 is 8.78 Å². The van der Waals surface area contributed by atoms with E-state index in [1.807, 2.05) is 13.0 Å². The molecule has 0 aliphatic heterocycles. The summed E-state index contributed by atoms with van der Waals surface area (Å²) >= 11 is 0. The predicted molar refractivity (Wildman–Crippen MR) is 54.9 cm³/mol. The van der Waals surface area contributed by atoms with E-state index in [0.717, 1.165) is 24.0 Å². The molecule has 0 fully saturated rings. The maximum atomic E-state index is 12.9. The van der Waals surface area contributed by atoms with E-state index in [-0.39, 0.29) is 0 Å². The van der Waals surface area contributed by atoms with E-state index in [0.29, 0.717) is 0 Å². The summed E-state index contributed by atoms with van der Waals surface area (Å²) in [6.45, 7) is 3.97. The first kappa shape index (κ1) is 10.9. The summed E-state index contributed by atoms with van der Waals surface area (Å²) in [6.07, 6.45) is 3.83. The van der Waals surface area contributed by atoms with E-state index in [2.05, 4.69) is 6.92 Å². The number of rotatable bonds is 3. The van der Waals surface area contributed by atoms with Crippen LogP contribution in [0.25, 0.3) is 5.57 Å². The number of halogens is 2. The van der Waals surface area contributed by atoms with E-state index in [4.69, 9.17) is 0 Å². The molecule has 0 nitrogen and oxygen atoms in total. The average molecular weight is 196 g/mol. The number of benzene rings is 1. The summed E-state index contributed by atoms with van der Waals surface area (Å²) in [5.41, 5.74) is 1.83. The Morgan fingerprint density at radius 3 is 2.50 bits per heavy atom. The van der Waals surface area contributed by atoms with Crippen molar-refractivity contribution >= 4 is 5.57 Å². The molecule has 0 unspecified atom stereocenters. The Morgan fingerprint density at radius 2 is 2.00 bits per heavy atom. The van der Waals surface area contributed by atoms with Crippen molar-refractivity contribution in [1.29, 1.82) is 0 Å². The normalized spacial score (nSPS) is 11.9. The van der Waals surface area contributed by atoms with Crippen LogP contribution in [0.4, 0.5) is 8.78 Å². The maximum absolute atomic E-state index is 12.9. The van der Waals surface area contributed by atoms with E-state index < -0.39 is 11.6 Å². The monoisotopic (exact) mass is 196 g/mol. The van der Waals surface area contributed by atoms with Crippen LogP contribution in [0.15, 0.2) is 24.3 Å². The Hall–Kier alpha value is -1.18. The van der Waals surface area contributed by atoms with Crippen molar-refractivity contribution in [1.82, 2.24) is 0 Å². The maximum Gasteiger partial charge on any atom is 0.159 e. The topological polar surface area (TPSA) is 0 Å². The molecular formula is C12H14F2. The first-order valence-electron chi connectivity index (χ1n) is 4.79. The van der Waals surface area contributed by atoms with E-state index >= 15 is 0 Å². The third-order valence-corrected chi connectivity index (χ3v) is 2.16. The van der Waals surface area contributed by atoms with Crippen molar-refractivity contribution in [3.05, 3.63) is 41.5 Å². The van der Waals surface area contributed by atoms with Gasteiger partial charge in [0, 0.05) is 0 Å². The van der Waals surface area contributed by atoms with Crippen LogP contribution in [0.1, 0.15) is 32.3 Å². The second-order valence-corrected chi connectivity index (χ2v) is 3.19. The molecule has 0 bridgehead atoms. The quantitative estimate of drug-likeness (QED) is 0.680. The standard InChI is InChI=1S/C12H14F2/c1-3-5-9(4-2)10-6-7-11(13)12(14)8-10/h4,6-8H,3,5H2,1-2H3/b9-4+. The Bertz CT molecular complexity index is 340. The summed E-state index contributed by atoms with van der Waals surface area (Å²) in [5, 5.41) is 0. The summed E-state index contributed by atoms with van der Waals surface area (Å²) in [6, 6.07) is 4.04. The highest BCUT2D eigenvalue weighted by Gasteiger charge is 2.05. The lowest BCUT2D eigenvalue weighted by Gasteiger charge is -2.05. The average Bonchev–Trinajstić information content (AvgIpc) is 2.19. The van der Waals surface area contributed by atoms with Gasteiger partial charge in [-0.3, -0.25) is 0 Å². The van der Waals surface area contributed by atoms with Crippen LogP contribution >= 0.6 is 0 Å². The molecule has 0 amide bonds. The molecule has 1 aromatic carbocycles. The Balaban J connectivity index is 3.00. The van der Waals surface area contributed by atoms with Gasteiger partial charge < -0.3 is 0 Å². The van der Waals surface area contributed by atoms with Crippen molar-refractivity contribution in [2.75, 3.05) is 0 Å². The van der Waals surface area contributed by atoms with Gasteiger partial charge in [0.05, 0.1) is 0 Å². The molecule has 0 saturated heterocycles. The molecule has 0 saturated carbocycles. The molecule has 0 aromatic heterocycles. The van der Waals surface area contributed by atoms with Crippen LogP contribution in [-0.2, 0) is 0 Å². The van der Waals surface area contributed by atoms with Gasteiger partial charge in [0.15, 0.2) is 11.6 Å². The van der Waals surface area contributed by atoms with E-state index in [1.165, 1.54) is 12.1 Å². The number of hydrogen-bond donors (Lipinski definition) is 0. The van der Waals surface area contributed by atoms with Crippen molar-refractivity contribution in [3.63, 3.8) is 0 Å². The molecule has 0 aliphatic carbocycles. The fraction of sp³-hybridized carbons (Fsp3) is 0.333. The molecule has 0 aliphatic rings. The fourth-order valence-electron chi connectivity index (χ4n) is 1.42. The Kier molecular flexibility index (Phi) is 3.81. The van der Waals surface area contributed by atoms with Crippen LogP contribution in [0.2, 0.25) is 0 Å². The highest BCUT2D eigenvalue weighted by atomic mass is 19.2. The molecule has 0 N–H and O–H groups in total. The van der Waals surface area contributed by atoms with Gasteiger partial charge in [-0.15, -0.1) is 0 Å². The first-order valence-corrected chi connectivity index (χ1v) is 4.79. The summed E-state index contributed by atoms with van der Waals surface area (Å²) in [7, 11) is 0. The van der Waals surface area contributed by atoms with Crippen LogP contribution < -0.4 is 0 Å². The van der Waals surface area contributed by atoms with Crippen LogP contribution in [0, 0.1) is 11.6 Å². The fourth-order valence-corrected chi connectivity index (χ4v) is 1.42. The van der Waals surface area contributed by atoms with Crippen molar-refractivity contribution in [2.45, 2.75) is 26.7 Å². The lowest BCUT2D eigenvalue weighted by Crippen LogP contribution is -1.89. The van der Waals surface area contributed by atoms with E-state index in [9.17, 15) is 8.78 Å². The predicted octanol–water partition coefficient (Wildman–Crippen LogP) is 4.17. The summed E-state index contributed by atoms with van der Waals surface area (Å²) < 4.78 is 25.6. The zero-order chi connectivity index (χ0) is 10.6. The lowest BCUT2D eigenvalue weighted by molar-refractivity contribution is 0.508. The third kappa shape index (κ3) is 2.41. The molecular weight excluding hydrogens is 182 g/mol. The molecule has 0 atom stereocenters. The Morgan fingerprint density at radius 1 is 1.29 bits per heavy atom. The molecule has 1 rings (SSSR count). The summed E-state index contributed by atoms with van der Waals surface area (Å²) in [5.74, 6) is -1.57. The Labute approximate surface area is 83.3 Å². The lowest BCUT2D eigenvalue weighted by atomic mass is 10.0. The number of allylic oxidation sites excluding steroid dienone is 2. The minimum atomic E-state index is -0.791. The highest BCUT2D eigenvalue weighted by Crippen LogP contribution is 2.21. The minimum absolute atomic E-state index is 0.772. The molecule has 0 heterocycles. The SMILES string of the molecule is C/C=C(\CCC)c1ccc(F)c(F)c1. The van der Waals surface area contributed by atoms with Gasteiger partial charge in [0.2, 0.25) is 0 Å². The largest absolute Gasteiger partial charge is 0.204 e. The third-order valence-electron chi connectivity index (χ3n) is 2.16. The second-order valence-electron chi connectivity index (χ2n) is 3.19. The van der Waals surface area contributed by atoms with Crippen LogP contribution in [0.3, 0.4) is 0 Å². The van der Waals surface area contributed by atoms with Crippen molar-refractivity contribution in [2.24, 2.45) is 0 Å². The van der Waals surface area contributed by atoms with Gasteiger partial charge in [-0.25, -0.2) is 8.78 Å². The van der Waals surface area contributed by atoms with Crippen LogP contribution in [-0.4, -0.2) is 0 Å². The molecule has 1 aromatic rings. The molecule has 0 radical (unpaired) electrons.